The molecule has 0 aliphatic heterocycles. The lowest BCUT2D eigenvalue weighted by molar-refractivity contribution is -0.121. The zero-order chi connectivity index (χ0) is 13.2. The molecule has 3 heteroatoms. The molecule has 17 heavy (non-hydrogen) atoms. The Bertz CT molecular complexity index is 436. The molecule has 0 unspecified atom stereocenters. The fourth-order valence-corrected chi connectivity index (χ4v) is 2.00. The zero-order valence-corrected chi connectivity index (χ0v) is 11.8. The van der Waals surface area contributed by atoms with Crippen LogP contribution in [0.5, 0.6) is 5.75 Å². The summed E-state index contributed by atoms with van der Waals surface area (Å²) in [5, 5.41) is 0.557. The van der Waals surface area contributed by atoms with Crippen LogP contribution >= 0.6 is 11.6 Å². The first-order chi connectivity index (χ1) is 7.80. The Morgan fingerprint density at radius 1 is 1.41 bits per heavy atom. The third-order valence-corrected chi connectivity index (χ3v) is 3.43. The molecular formula is C14H19ClO2. The van der Waals surface area contributed by atoms with Crippen molar-refractivity contribution in [2.24, 2.45) is 0 Å². The van der Waals surface area contributed by atoms with Crippen LogP contribution in [0.15, 0.2) is 12.1 Å². The summed E-state index contributed by atoms with van der Waals surface area (Å²) >= 11 is 6.15. The van der Waals surface area contributed by atoms with E-state index in [1.54, 1.807) is 6.92 Å². The lowest BCUT2D eigenvalue weighted by atomic mass is 9.79. The number of benzene rings is 1. The van der Waals surface area contributed by atoms with Gasteiger partial charge in [-0.1, -0.05) is 11.6 Å². The maximum Gasteiger partial charge on any atom is 0.139 e. The first-order valence-corrected chi connectivity index (χ1v) is 6.13. The fraction of sp³-hybridized carbons (Fsp3) is 0.500. The van der Waals surface area contributed by atoms with E-state index in [0.29, 0.717) is 17.4 Å². The summed E-state index contributed by atoms with van der Waals surface area (Å²) in [4.78, 5) is 11.7. The Morgan fingerprint density at radius 2 is 2.00 bits per heavy atom. The number of carbonyl (C=O) groups is 1. The van der Waals surface area contributed by atoms with Gasteiger partial charge in [0.1, 0.15) is 11.5 Å². The molecule has 2 nitrogen and oxygen atoms in total. The summed E-state index contributed by atoms with van der Waals surface area (Å²) in [7, 11) is 0. The van der Waals surface area contributed by atoms with Crippen molar-refractivity contribution in [1.82, 2.24) is 0 Å². The molecule has 0 bridgehead atoms. The van der Waals surface area contributed by atoms with Gasteiger partial charge in [0.05, 0.1) is 11.6 Å². The third-order valence-electron chi connectivity index (χ3n) is 3.13. The maximum atomic E-state index is 11.7. The highest BCUT2D eigenvalue weighted by Gasteiger charge is 2.28. The molecule has 0 radical (unpaired) electrons. The van der Waals surface area contributed by atoms with Crippen molar-refractivity contribution in [2.75, 3.05) is 6.61 Å². The van der Waals surface area contributed by atoms with Gasteiger partial charge in [0.15, 0.2) is 0 Å². The standard InChI is InChI=1S/C14H19ClO2/c1-6-17-13-7-9(2)11(8-12(13)15)14(4,5)10(3)16/h7-8H,6H2,1-5H3. The Morgan fingerprint density at radius 3 is 2.47 bits per heavy atom. The molecule has 0 fully saturated rings. The van der Waals surface area contributed by atoms with Crippen molar-refractivity contribution in [3.05, 3.63) is 28.3 Å². The van der Waals surface area contributed by atoms with E-state index in [0.717, 1.165) is 11.1 Å². The number of ether oxygens (including phenoxy) is 1. The van der Waals surface area contributed by atoms with Gasteiger partial charge in [-0.3, -0.25) is 4.79 Å². The van der Waals surface area contributed by atoms with E-state index in [1.165, 1.54) is 0 Å². The van der Waals surface area contributed by atoms with Crippen molar-refractivity contribution in [2.45, 2.75) is 40.0 Å². The highest BCUT2D eigenvalue weighted by molar-refractivity contribution is 6.32. The number of Topliss-reactive ketones (excluding diaryl/α,β-unsaturated/α-hetero) is 1. The van der Waals surface area contributed by atoms with Crippen LogP contribution < -0.4 is 4.74 Å². The Balaban J connectivity index is 3.29. The van der Waals surface area contributed by atoms with E-state index in [2.05, 4.69) is 0 Å². The molecule has 0 aliphatic rings. The van der Waals surface area contributed by atoms with Crippen LogP contribution in [0.1, 0.15) is 38.8 Å². The SMILES string of the molecule is CCOc1cc(C)c(C(C)(C)C(C)=O)cc1Cl. The van der Waals surface area contributed by atoms with Crippen LogP contribution in [0.25, 0.3) is 0 Å². The number of ketones is 1. The number of hydrogen-bond donors (Lipinski definition) is 0. The van der Waals surface area contributed by atoms with E-state index in [1.807, 2.05) is 39.8 Å². The lowest BCUT2D eigenvalue weighted by Gasteiger charge is -2.25. The number of rotatable bonds is 4. The van der Waals surface area contributed by atoms with Gasteiger partial charge in [-0.25, -0.2) is 0 Å². The van der Waals surface area contributed by atoms with Gasteiger partial charge in [-0.2, -0.15) is 0 Å². The second-order valence-electron chi connectivity index (χ2n) is 4.71. The van der Waals surface area contributed by atoms with E-state index in [-0.39, 0.29) is 5.78 Å². The van der Waals surface area contributed by atoms with Gasteiger partial charge in [-0.15, -0.1) is 0 Å². The van der Waals surface area contributed by atoms with Crippen LogP contribution in [0, 0.1) is 6.92 Å². The Labute approximate surface area is 108 Å². The quantitative estimate of drug-likeness (QED) is 0.814. The van der Waals surface area contributed by atoms with Gasteiger partial charge in [0, 0.05) is 5.41 Å². The molecule has 0 amide bonds. The van der Waals surface area contributed by atoms with Gasteiger partial charge < -0.3 is 4.74 Å². The molecular weight excluding hydrogens is 236 g/mol. The van der Waals surface area contributed by atoms with E-state index >= 15 is 0 Å². The molecule has 0 aliphatic carbocycles. The van der Waals surface area contributed by atoms with Gasteiger partial charge in [0.2, 0.25) is 0 Å². The smallest absolute Gasteiger partial charge is 0.139 e. The summed E-state index contributed by atoms with van der Waals surface area (Å²) < 4.78 is 5.43. The molecule has 0 saturated heterocycles. The minimum Gasteiger partial charge on any atom is -0.492 e. The molecule has 0 atom stereocenters. The minimum absolute atomic E-state index is 0.126. The molecule has 0 saturated carbocycles. The maximum absolute atomic E-state index is 11.7. The Kier molecular flexibility index (Phi) is 4.21. The van der Waals surface area contributed by atoms with Crippen LogP contribution in [-0.4, -0.2) is 12.4 Å². The molecule has 0 spiro atoms. The summed E-state index contributed by atoms with van der Waals surface area (Å²) in [6.07, 6.45) is 0. The van der Waals surface area contributed by atoms with Crippen molar-refractivity contribution >= 4 is 17.4 Å². The van der Waals surface area contributed by atoms with Crippen molar-refractivity contribution in [3.63, 3.8) is 0 Å². The normalized spacial score (nSPS) is 11.4. The fourth-order valence-electron chi connectivity index (χ4n) is 1.78. The predicted molar refractivity (Wildman–Crippen MR) is 71.1 cm³/mol. The number of hydrogen-bond acceptors (Lipinski definition) is 2. The topological polar surface area (TPSA) is 26.3 Å². The van der Waals surface area contributed by atoms with E-state index in [4.69, 9.17) is 16.3 Å². The molecule has 1 rings (SSSR count). The van der Waals surface area contributed by atoms with Crippen molar-refractivity contribution in [3.8, 4) is 5.75 Å². The van der Waals surface area contributed by atoms with E-state index in [9.17, 15) is 4.79 Å². The highest BCUT2D eigenvalue weighted by atomic mass is 35.5. The summed E-state index contributed by atoms with van der Waals surface area (Å²) in [5.41, 5.74) is 1.47. The molecule has 1 aromatic rings. The van der Waals surface area contributed by atoms with Gasteiger partial charge in [0.25, 0.3) is 0 Å². The van der Waals surface area contributed by atoms with Crippen molar-refractivity contribution in [1.29, 1.82) is 0 Å². The van der Waals surface area contributed by atoms with Crippen LogP contribution in [0.2, 0.25) is 5.02 Å². The van der Waals surface area contributed by atoms with E-state index < -0.39 is 5.41 Å². The summed E-state index contributed by atoms with van der Waals surface area (Å²) in [6.45, 7) is 9.89. The summed E-state index contributed by atoms with van der Waals surface area (Å²) in [5.74, 6) is 0.801. The number of carbonyl (C=O) groups excluding carboxylic acids is 1. The Hall–Kier alpha value is -1.02. The number of aryl methyl sites for hydroxylation is 1. The van der Waals surface area contributed by atoms with Gasteiger partial charge >= 0.3 is 0 Å². The highest BCUT2D eigenvalue weighted by Crippen LogP contribution is 2.34. The zero-order valence-electron chi connectivity index (χ0n) is 11.1. The lowest BCUT2D eigenvalue weighted by Crippen LogP contribution is -2.27. The molecule has 94 valence electrons. The monoisotopic (exact) mass is 254 g/mol. The van der Waals surface area contributed by atoms with Crippen LogP contribution in [-0.2, 0) is 10.2 Å². The third kappa shape index (κ3) is 2.81. The summed E-state index contributed by atoms with van der Waals surface area (Å²) in [6, 6.07) is 3.73. The minimum atomic E-state index is -0.515. The van der Waals surface area contributed by atoms with Crippen molar-refractivity contribution < 1.29 is 9.53 Å². The second kappa shape index (κ2) is 5.09. The molecule has 0 N–H and O–H groups in total. The van der Waals surface area contributed by atoms with Crippen LogP contribution in [0.4, 0.5) is 0 Å². The average Bonchev–Trinajstić information content (AvgIpc) is 2.22. The molecule has 0 heterocycles. The molecule has 1 aromatic carbocycles. The van der Waals surface area contributed by atoms with Crippen LogP contribution in [0.3, 0.4) is 0 Å². The number of halogens is 1. The predicted octanol–water partition coefficient (Wildman–Crippen LogP) is 3.91. The average molecular weight is 255 g/mol. The molecule has 0 aromatic heterocycles. The first-order valence-electron chi connectivity index (χ1n) is 5.75. The van der Waals surface area contributed by atoms with Gasteiger partial charge in [-0.05, 0) is 57.9 Å². The second-order valence-corrected chi connectivity index (χ2v) is 5.12. The largest absolute Gasteiger partial charge is 0.492 e. The first kappa shape index (κ1) is 14.0.